The van der Waals surface area contributed by atoms with Crippen molar-refractivity contribution in [2.24, 2.45) is 5.73 Å². The zero-order chi connectivity index (χ0) is 15.2. The summed E-state index contributed by atoms with van der Waals surface area (Å²) >= 11 is 0. The zero-order valence-corrected chi connectivity index (χ0v) is 11.8. The molecule has 0 aromatic heterocycles. The molecule has 0 radical (unpaired) electrons. The minimum absolute atomic E-state index is 0.00187. The Balaban J connectivity index is 3.23. The number of carbonyl (C=O) groups is 3. The van der Waals surface area contributed by atoms with Crippen LogP contribution in [0.3, 0.4) is 0 Å². The Labute approximate surface area is 119 Å². The third-order valence-corrected chi connectivity index (χ3v) is 2.78. The van der Waals surface area contributed by atoms with E-state index >= 15 is 0 Å². The average Bonchev–Trinajstić information content (AvgIpc) is 2.37. The van der Waals surface area contributed by atoms with Crippen molar-refractivity contribution in [2.45, 2.75) is 51.4 Å². The van der Waals surface area contributed by atoms with E-state index in [-0.39, 0.29) is 11.8 Å². The number of amides is 3. The van der Waals surface area contributed by atoms with Crippen molar-refractivity contribution in [1.82, 2.24) is 10.6 Å². The molecule has 7 heteroatoms. The molecule has 0 saturated heterocycles. The SMILES string of the molecule is NC(=O)CCCCC(=O)NCCCCCCNC(=O)O. The molecule has 0 aliphatic carbocycles. The molecule has 0 bridgehead atoms. The Morgan fingerprint density at radius 2 is 1.35 bits per heavy atom. The molecule has 0 aromatic rings. The number of carboxylic acid groups (broad SMARTS) is 1. The Morgan fingerprint density at radius 3 is 1.90 bits per heavy atom. The molecule has 0 spiro atoms. The standard InChI is InChI=1S/C13H25N3O4/c14-11(17)7-3-4-8-12(18)15-9-5-1-2-6-10-16-13(19)20/h16H,1-10H2,(H2,14,17)(H,15,18)(H,19,20). The minimum atomic E-state index is -0.992. The molecule has 5 N–H and O–H groups in total. The van der Waals surface area contributed by atoms with Gasteiger partial charge in [0, 0.05) is 25.9 Å². The quantitative estimate of drug-likeness (QED) is 0.400. The van der Waals surface area contributed by atoms with Crippen LogP contribution >= 0.6 is 0 Å². The third-order valence-electron chi connectivity index (χ3n) is 2.78. The fraction of sp³-hybridized carbons (Fsp3) is 0.769. The van der Waals surface area contributed by atoms with Crippen molar-refractivity contribution in [3.63, 3.8) is 0 Å². The van der Waals surface area contributed by atoms with E-state index in [9.17, 15) is 14.4 Å². The maximum absolute atomic E-state index is 11.4. The molecule has 0 rings (SSSR count). The number of nitrogens with one attached hydrogen (secondary N) is 2. The van der Waals surface area contributed by atoms with Gasteiger partial charge in [0.2, 0.25) is 11.8 Å². The first-order valence-electron chi connectivity index (χ1n) is 7.04. The first-order chi connectivity index (χ1) is 9.52. The molecule has 0 atom stereocenters. The number of hydrogen-bond acceptors (Lipinski definition) is 3. The lowest BCUT2D eigenvalue weighted by Crippen LogP contribution is -2.24. The summed E-state index contributed by atoms with van der Waals surface area (Å²) in [6, 6.07) is 0. The molecule has 0 aliphatic heterocycles. The van der Waals surface area contributed by atoms with E-state index in [4.69, 9.17) is 10.8 Å². The van der Waals surface area contributed by atoms with E-state index in [1.165, 1.54) is 0 Å². The first kappa shape index (κ1) is 18.2. The second-order valence-electron chi connectivity index (χ2n) is 4.67. The first-order valence-corrected chi connectivity index (χ1v) is 7.04. The fourth-order valence-corrected chi connectivity index (χ4v) is 1.70. The van der Waals surface area contributed by atoms with Crippen molar-refractivity contribution < 1.29 is 19.5 Å². The van der Waals surface area contributed by atoms with Crippen LogP contribution in [0.25, 0.3) is 0 Å². The highest BCUT2D eigenvalue weighted by Gasteiger charge is 2.01. The fourth-order valence-electron chi connectivity index (χ4n) is 1.70. The maximum atomic E-state index is 11.4. The molecular formula is C13H25N3O4. The molecule has 3 amide bonds. The summed E-state index contributed by atoms with van der Waals surface area (Å²) in [6.07, 6.45) is 4.70. The van der Waals surface area contributed by atoms with Gasteiger partial charge >= 0.3 is 6.09 Å². The molecule has 20 heavy (non-hydrogen) atoms. The second kappa shape index (κ2) is 12.3. The van der Waals surface area contributed by atoms with Gasteiger partial charge in [-0.1, -0.05) is 12.8 Å². The van der Waals surface area contributed by atoms with Crippen LogP contribution in [0.5, 0.6) is 0 Å². The van der Waals surface area contributed by atoms with E-state index in [0.29, 0.717) is 38.8 Å². The highest BCUT2D eigenvalue weighted by Crippen LogP contribution is 2.00. The van der Waals surface area contributed by atoms with Crippen LogP contribution in [0.4, 0.5) is 4.79 Å². The van der Waals surface area contributed by atoms with Crippen LogP contribution < -0.4 is 16.4 Å². The van der Waals surface area contributed by atoms with Crippen molar-refractivity contribution in [1.29, 1.82) is 0 Å². The number of unbranched alkanes of at least 4 members (excludes halogenated alkanes) is 4. The molecule has 0 saturated carbocycles. The summed E-state index contributed by atoms with van der Waals surface area (Å²) in [5.41, 5.74) is 5.00. The molecule has 0 fully saturated rings. The van der Waals surface area contributed by atoms with E-state index in [1.807, 2.05) is 0 Å². The van der Waals surface area contributed by atoms with Crippen molar-refractivity contribution in [2.75, 3.05) is 13.1 Å². The molecule has 0 aliphatic rings. The van der Waals surface area contributed by atoms with Crippen molar-refractivity contribution in [3.8, 4) is 0 Å². The minimum Gasteiger partial charge on any atom is -0.465 e. The number of primary amides is 1. The third kappa shape index (κ3) is 14.3. The van der Waals surface area contributed by atoms with Gasteiger partial charge in [0.05, 0.1) is 0 Å². The van der Waals surface area contributed by atoms with Crippen LogP contribution in [-0.4, -0.2) is 36.1 Å². The summed E-state index contributed by atoms with van der Waals surface area (Å²) in [5.74, 6) is -0.329. The molecule has 0 unspecified atom stereocenters. The Hall–Kier alpha value is -1.79. The molecule has 0 aromatic carbocycles. The van der Waals surface area contributed by atoms with Gasteiger partial charge < -0.3 is 21.5 Å². The number of rotatable bonds is 12. The largest absolute Gasteiger partial charge is 0.465 e. The highest BCUT2D eigenvalue weighted by atomic mass is 16.4. The summed E-state index contributed by atoms with van der Waals surface area (Å²) < 4.78 is 0. The Kier molecular flexibility index (Phi) is 11.2. The van der Waals surface area contributed by atoms with Gasteiger partial charge in [-0.2, -0.15) is 0 Å². The average molecular weight is 287 g/mol. The topological polar surface area (TPSA) is 122 Å². The summed E-state index contributed by atoms with van der Waals surface area (Å²) in [7, 11) is 0. The number of carbonyl (C=O) groups excluding carboxylic acids is 2. The lowest BCUT2D eigenvalue weighted by Gasteiger charge is -2.05. The lowest BCUT2D eigenvalue weighted by atomic mass is 10.1. The predicted molar refractivity (Wildman–Crippen MR) is 75.2 cm³/mol. The van der Waals surface area contributed by atoms with Crippen LogP contribution in [0.1, 0.15) is 51.4 Å². The second-order valence-corrected chi connectivity index (χ2v) is 4.67. The van der Waals surface area contributed by atoms with E-state index in [2.05, 4.69) is 10.6 Å². The maximum Gasteiger partial charge on any atom is 0.404 e. The number of nitrogens with two attached hydrogens (primary N) is 1. The zero-order valence-electron chi connectivity index (χ0n) is 11.8. The van der Waals surface area contributed by atoms with Gasteiger partial charge in [-0.25, -0.2) is 4.79 Å². The van der Waals surface area contributed by atoms with E-state index < -0.39 is 6.09 Å². The normalized spacial score (nSPS) is 10.0. The van der Waals surface area contributed by atoms with Crippen molar-refractivity contribution in [3.05, 3.63) is 0 Å². The Bertz CT molecular complexity index is 308. The lowest BCUT2D eigenvalue weighted by molar-refractivity contribution is -0.122. The van der Waals surface area contributed by atoms with Crippen LogP contribution in [0, 0.1) is 0 Å². The van der Waals surface area contributed by atoms with Gasteiger partial charge in [-0.05, 0) is 25.7 Å². The highest BCUT2D eigenvalue weighted by molar-refractivity contribution is 5.76. The van der Waals surface area contributed by atoms with Crippen LogP contribution in [0.15, 0.2) is 0 Å². The molecule has 7 nitrogen and oxygen atoms in total. The molecular weight excluding hydrogens is 262 g/mol. The van der Waals surface area contributed by atoms with Gasteiger partial charge in [-0.15, -0.1) is 0 Å². The van der Waals surface area contributed by atoms with Gasteiger partial charge in [-0.3, -0.25) is 9.59 Å². The summed E-state index contributed by atoms with van der Waals surface area (Å²) in [4.78, 5) is 32.1. The monoisotopic (exact) mass is 287 g/mol. The van der Waals surface area contributed by atoms with Crippen LogP contribution in [-0.2, 0) is 9.59 Å². The summed E-state index contributed by atoms with van der Waals surface area (Å²) in [6.45, 7) is 1.11. The number of hydrogen-bond donors (Lipinski definition) is 4. The smallest absolute Gasteiger partial charge is 0.404 e. The molecule has 116 valence electrons. The van der Waals surface area contributed by atoms with Gasteiger partial charge in [0.25, 0.3) is 0 Å². The summed E-state index contributed by atoms with van der Waals surface area (Å²) in [5, 5.41) is 13.5. The van der Waals surface area contributed by atoms with Crippen molar-refractivity contribution >= 4 is 17.9 Å². The van der Waals surface area contributed by atoms with Gasteiger partial charge in [0.1, 0.15) is 0 Å². The Morgan fingerprint density at radius 1 is 0.800 bits per heavy atom. The van der Waals surface area contributed by atoms with E-state index in [1.54, 1.807) is 0 Å². The van der Waals surface area contributed by atoms with Crippen LogP contribution in [0.2, 0.25) is 0 Å². The molecule has 0 heterocycles. The predicted octanol–water partition coefficient (Wildman–Crippen LogP) is 0.976. The van der Waals surface area contributed by atoms with E-state index in [0.717, 1.165) is 25.7 Å². The van der Waals surface area contributed by atoms with Gasteiger partial charge in [0.15, 0.2) is 0 Å².